The lowest BCUT2D eigenvalue weighted by atomic mass is 10.1. The molecular weight excluding hydrogens is 342 g/mol. The van der Waals surface area contributed by atoms with Crippen LogP contribution >= 0.6 is 11.8 Å². The quantitative estimate of drug-likeness (QED) is 0.778. The van der Waals surface area contributed by atoms with E-state index < -0.39 is 0 Å². The van der Waals surface area contributed by atoms with E-state index in [1.54, 1.807) is 6.92 Å². The maximum absolute atomic E-state index is 12.1. The third-order valence-electron chi connectivity index (χ3n) is 4.30. The maximum atomic E-state index is 12.1. The Kier molecular flexibility index (Phi) is 4.60. The van der Waals surface area contributed by atoms with Crippen molar-refractivity contribution < 1.29 is 9.32 Å². The molecule has 2 aliphatic rings. The molecule has 1 saturated carbocycles. The van der Waals surface area contributed by atoms with Gasteiger partial charge in [0.1, 0.15) is 0 Å². The molecule has 4 rings (SSSR count). The number of aryl methyl sites for hydroxylation is 1. The number of hydrogen-bond donors (Lipinski definition) is 1. The minimum Gasteiger partial charge on any atom is -0.341 e. The largest absolute Gasteiger partial charge is 0.341 e. The van der Waals surface area contributed by atoms with Gasteiger partial charge in [-0.05, 0) is 39.0 Å². The topological polar surface area (TPSA) is 102 Å². The summed E-state index contributed by atoms with van der Waals surface area (Å²) in [5.74, 6) is 1.48. The molecule has 1 N–H and O–H groups in total. The molecule has 0 spiro atoms. The van der Waals surface area contributed by atoms with Gasteiger partial charge < -0.3 is 9.42 Å². The molecule has 25 heavy (non-hydrogen) atoms. The Hall–Kier alpha value is -2.10. The predicted molar refractivity (Wildman–Crippen MR) is 92.7 cm³/mol. The standard InChI is InChI=1S/C15H21N7O2S/c1-10-16-13(24-20-10)17-12(23)9-25-15-19-18-14(22(15)11-5-6-11)21-7-3-2-4-8-21/h11H,2-9H2,1H3,(H,16,17,20,23). The van der Waals surface area contributed by atoms with Crippen LogP contribution in [0.4, 0.5) is 12.0 Å². The van der Waals surface area contributed by atoms with Gasteiger partial charge in [0, 0.05) is 19.1 Å². The molecule has 2 aromatic rings. The Bertz CT molecular complexity index is 749. The summed E-state index contributed by atoms with van der Waals surface area (Å²) in [6.45, 7) is 3.77. The van der Waals surface area contributed by atoms with Crippen LogP contribution in [0.3, 0.4) is 0 Å². The number of nitrogens with zero attached hydrogens (tertiary/aromatic N) is 6. The monoisotopic (exact) mass is 363 g/mol. The molecule has 2 fully saturated rings. The zero-order valence-electron chi connectivity index (χ0n) is 14.1. The fourth-order valence-corrected chi connectivity index (χ4v) is 3.76. The van der Waals surface area contributed by atoms with Gasteiger partial charge in [-0.2, -0.15) is 4.98 Å². The van der Waals surface area contributed by atoms with E-state index in [1.807, 2.05) is 0 Å². The molecule has 1 saturated heterocycles. The molecule has 0 radical (unpaired) electrons. The van der Waals surface area contributed by atoms with Crippen molar-refractivity contribution in [3.63, 3.8) is 0 Å². The molecule has 1 amide bonds. The number of anilines is 2. The second kappa shape index (κ2) is 7.03. The summed E-state index contributed by atoms with van der Waals surface area (Å²) in [6, 6.07) is 0.594. The van der Waals surface area contributed by atoms with Gasteiger partial charge in [-0.15, -0.1) is 10.2 Å². The van der Waals surface area contributed by atoms with Crippen molar-refractivity contribution in [2.24, 2.45) is 0 Å². The molecule has 0 bridgehead atoms. The number of carbonyl (C=O) groups is 1. The predicted octanol–water partition coefficient (Wildman–Crippen LogP) is 2.03. The van der Waals surface area contributed by atoms with E-state index >= 15 is 0 Å². The highest BCUT2D eigenvalue weighted by atomic mass is 32.2. The van der Waals surface area contributed by atoms with Crippen LogP contribution in [-0.4, -0.2) is 49.7 Å². The third kappa shape index (κ3) is 3.78. The second-order valence-corrected chi connectivity index (χ2v) is 7.36. The van der Waals surface area contributed by atoms with Crippen molar-refractivity contribution in [1.29, 1.82) is 0 Å². The highest BCUT2D eigenvalue weighted by molar-refractivity contribution is 7.99. The Morgan fingerprint density at radius 3 is 2.76 bits per heavy atom. The van der Waals surface area contributed by atoms with Gasteiger partial charge in [-0.1, -0.05) is 16.9 Å². The van der Waals surface area contributed by atoms with E-state index in [-0.39, 0.29) is 17.7 Å². The van der Waals surface area contributed by atoms with Gasteiger partial charge in [0.15, 0.2) is 11.0 Å². The fraction of sp³-hybridized carbons (Fsp3) is 0.667. The molecule has 0 aromatic carbocycles. The summed E-state index contributed by atoms with van der Waals surface area (Å²) in [7, 11) is 0. The Balaban J connectivity index is 1.41. The average molecular weight is 363 g/mol. The van der Waals surface area contributed by atoms with Gasteiger partial charge in [0.2, 0.25) is 11.9 Å². The lowest BCUT2D eigenvalue weighted by Gasteiger charge is -2.27. The highest BCUT2D eigenvalue weighted by Gasteiger charge is 2.32. The first kappa shape index (κ1) is 16.4. The highest BCUT2D eigenvalue weighted by Crippen LogP contribution is 2.41. The van der Waals surface area contributed by atoms with Crippen molar-refractivity contribution >= 4 is 29.6 Å². The van der Waals surface area contributed by atoms with E-state index in [0.29, 0.717) is 11.9 Å². The molecule has 0 unspecified atom stereocenters. The first-order chi connectivity index (χ1) is 12.2. The minimum atomic E-state index is -0.196. The van der Waals surface area contributed by atoms with Gasteiger partial charge in [0.05, 0.1) is 5.75 Å². The SMILES string of the molecule is Cc1noc(NC(=O)CSc2nnc(N3CCCCC3)n2C2CC2)n1. The number of hydrogen-bond acceptors (Lipinski definition) is 8. The van der Waals surface area contributed by atoms with Gasteiger partial charge in [0.25, 0.3) is 0 Å². The van der Waals surface area contributed by atoms with Crippen LogP contribution in [0.25, 0.3) is 0 Å². The fourth-order valence-electron chi connectivity index (χ4n) is 2.96. The van der Waals surface area contributed by atoms with Crippen molar-refractivity contribution in [3.8, 4) is 0 Å². The van der Waals surface area contributed by atoms with Crippen LogP contribution in [0.1, 0.15) is 44.0 Å². The second-order valence-electron chi connectivity index (χ2n) is 6.42. The molecule has 10 heteroatoms. The number of amides is 1. The molecule has 3 heterocycles. The molecule has 9 nitrogen and oxygen atoms in total. The van der Waals surface area contributed by atoms with E-state index in [0.717, 1.165) is 37.0 Å². The number of rotatable bonds is 6. The van der Waals surface area contributed by atoms with Crippen molar-refractivity contribution in [2.45, 2.75) is 50.2 Å². The van der Waals surface area contributed by atoms with Gasteiger partial charge >= 0.3 is 6.01 Å². The van der Waals surface area contributed by atoms with Crippen LogP contribution in [0.15, 0.2) is 9.68 Å². The molecule has 1 aliphatic heterocycles. The van der Waals surface area contributed by atoms with Crippen molar-refractivity contribution in [3.05, 3.63) is 5.82 Å². The van der Waals surface area contributed by atoms with Crippen LogP contribution in [0.5, 0.6) is 0 Å². The summed E-state index contributed by atoms with van der Waals surface area (Å²) < 4.78 is 7.11. The van der Waals surface area contributed by atoms with Gasteiger partial charge in [-0.3, -0.25) is 14.7 Å². The Morgan fingerprint density at radius 2 is 2.08 bits per heavy atom. The van der Waals surface area contributed by atoms with E-state index in [4.69, 9.17) is 4.52 Å². The summed E-state index contributed by atoms with van der Waals surface area (Å²) in [4.78, 5) is 18.4. The van der Waals surface area contributed by atoms with Crippen molar-refractivity contribution in [2.75, 3.05) is 29.1 Å². The van der Waals surface area contributed by atoms with Gasteiger partial charge in [-0.25, -0.2) is 0 Å². The van der Waals surface area contributed by atoms with Crippen LogP contribution in [-0.2, 0) is 4.79 Å². The Labute approximate surface area is 149 Å². The molecule has 1 aliphatic carbocycles. The number of aromatic nitrogens is 5. The first-order valence-corrected chi connectivity index (χ1v) is 9.62. The van der Waals surface area contributed by atoms with E-state index in [2.05, 4.69) is 35.1 Å². The number of thioether (sulfide) groups is 1. The lowest BCUT2D eigenvalue weighted by Crippen LogP contribution is -2.32. The summed E-state index contributed by atoms with van der Waals surface area (Å²) in [5.41, 5.74) is 0. The minimum absolute atomic E-state index is 0.126. The summed E-state index contributed by atoms with van der Waals surface area (Å²) >= 11 is 1.40. The summed E-state index contributed by atoms with van der Waals surface area (Å²) in [5, 5.41) is 15.8. The summed E-state index contributed by atoms with van der Waals surface area (Å²) in [6.07, 6.45) is 5.99. The molecule has 0 atom stereocenters. The zero-order valence-corrected chi connectivity index (χ0v) is 15.0. The maximum Gasteiger partial charge on any atom is 0.328 e. The lowest BCUT2D eigenvalue weighted by molar-refractivity contribution is -0.114. The van der Waals surface area contributed by atoms with Crippen LogP contribution in [0.2, 0.25) is 0 Å². The zero-order chi connectivity index (χ0) is 17.2. The Morgan fingerprint density at radius 1 is 1.28 bits per heavy atom. The molecular formula is C15H21N7O2S. The van der Waals surface area contributed by atoms with Crippen LogP contribution < -0.4 is 10.2 Å². The number of piperidine rings is 1. The van der Waals surface area contributed by atoms with E-state index in [1.165, 1.54) is 31.0 Å². The third-order valence-corrected chi connectivity index (χ3v) is 5.25. The van der Waals surface area contributed by atoms with E-state index in [9.17, 15) is 4.79 Å². The molecule has 2 aromatic heterocycles. The smallest absolute Gasteiger partial charge is 0.328 e. The van der Waals surface area contributed by atoms with Crippen LogP contribution in [0, 0.1) is 6.92 Å². The average Bonchev–Trinajstić information content (AvgIpc) is 3.24. The number of nitrogens with one attached hydrogen (secondary N) is 1. The first-order valence-electron chi connectivity index (χ1n) is 8.63. The van der Waals surface area contributed by atoms with Crippen molar-refractivity contribution in [1.82, 2.24) is 24.9 Å². The number of carbonyl (C=O) groups excluding carboxylic acids is 1. The molecule has 134 valence electrons. The normalized spacial score (nSPS) is 17.7.